The van der Waals surface area contributed by atoms with Crippen LogP contribution in [0.1, 0.15) is 38.2 Å². The Morgan fingerprint density at radius 3 is 2.51 bits per heavy atom. The first-order valence-electron chi connectivity index (χ1n) is 14.0. The van der Waals surface area contributed by atoms with Gasteiger partial charge in [-0.25, -0.2) is 4.39 Å². The minimum atomic E-state index is -0.757. The Balaban J connectivity index is 1.31. The van der Waals surface area contributed by atoms with Crippen molar-refractivity contribution in [2.75, 3.05) is 36.0 Å². The molecular weight excluding hydrogens is 495 g/mol. The maximum absolute atomic E-state index is 14.9. The molecule has 6 nitrogen and oxygen atoms in total. The number of nitrogens with zero attached hydrogens (tertiary/aromatic N) is 2. The zero-order valence-corrected chi connectivity index (χ0v) is 22.5. The molecule has 0 aliphatic carbocycles. The van der Waals surface area contributed by atoms with Crippen LogP contribution in [0.4, 0.5) is 15.8 Å². The van der Waals surface area contributed by atoms with Gasteiger partial charge in [0.1, 0.15) is 23.4 Å². The molecule has 206 valence electrons. The molecule has 2 unspecified atom stereocenters. The number of hydrogen-bond acceptors (Lipinski definition) is 5. The Morgan fingerprint density at radius 2 is 1.77 bits per heavy atom. The minimum Gasteiger partial charge on any atom is -0.494 e. The molecule has 2 aliphatic heterocycles. The van der Waals surface area contributed by atoms with Crippen LogP contribution in [0.25, 0.3) is 0 Å². The molecule has 1 N–H and O–H groups in total. The first kappa shape index (κ1) is 26.9. The van der Waals surface area contributed by atoms with Crippen molar-refractivity contribution in [1.29, 1.82) is 0 Å². The second kappa shape index (κ2) is 12.4. The van der Waals surface area contributed by atoms with Crippen LogP contribution in [0.15, 0.2) is 72.8 Å². The summed E-state index contributed by atoms with van der Waals surface area (Å²) in [7, 11) is 0. The van der Waals surface area contributed by atoms with Gasteiger partial charge in [-0.2, -0.15) is 0 Å². The summed E-state index contributed by atoms with van der Waals surface area (Å²) in [5.41, 5.74) is 2.84. The maximum Gasteiger partial charge on any atom is 0.305 e. The number of ether oxygens (including phenoxy) is 2. The van der Waals surface area contributed by atoms with E-state index in [9.17, 15) is 14.3 Å². The summed E-state index contributed by atoms with van der Waals surface area (Å²) < 4.78 is 27.1. The van der Waals surface area contributed by atoms with Gasteiger partial charge in [-0.05, 0) is 68.1 Å². The van der Waals surface area contributed by atoms with Crippen LogP contribution < -0.4 is 19.3 Å². The molecule has 2 fully saturated rings. The van der Waals surface area contributed by atoms with Gasteiger partial charge in [0.05, 0.1) is 18.7 Å². The van der Waals surface area contributed by atoms with Crippen molar-refractivity contribution in [2.24, 2.45) is 5.92 Å². The molecule has 2 aliphatic rings. The fourth-order valence-corrected chi connectivity index (χ4v) is 5.97. The highest BCUT2D eigenvalue weighted by molar-refractivity contribution is 5.69. The lowest BCUT2D eigenvalue weighted by Gasteiger charge is -2.40. The van der Waals surface area contributed by atoms with Gasteiger partial charge in [0, 0.05) is 49.8 Å². The van der Waals surface area contributed by atoms with Crippen LogP contribution in [0.5, 0.6) is 11.5 Å². The highest BCUT2D eigenvalue weighted by Crippen LogP contribution is 2.34. The first-order valence-corrected chi connectivity index (χ1v) is 14.0. The van der Waals surface area contributed by atoms with Gasteiger partial charge in [0.25, 0.3) is 0 Å². The second-order valence-corrected chi connectivity index (χ2v) is 10.5. The van der Waals surface area contributed by atoms with Crippen LogP contribution in [0, 0.1) is 11.7 Å². The third-order valence-corrected chi connectivity index (χ3v) is 7.82. The number of anilines is 2. The van der Waals surface area contributed by atoms with E-state index in [1.807, 2.05) is 49.4 Å². The highest BCUT2D eigenvalue weighted by Gasteiger charge is 2.33. The quantitative estimate of drug-likeness (QED) is 0.336. The second-order valence-electron chi connectivity index (χ2n) is 10.5. The van der Waals surface area contributed by atoms with Crippen molar-refractivity contribution in [1.82, 2.24) is 0 Å². The van der Waals surface area contributed by atoms with Crippen LogP contribution in [-0.2, 0) is 11.2 Å². The lowest BCUT2D eigenvalue weighted by Crippen LogP contribution is -2.46. The first-order chi connectivity index (χ1) is 19.0. The molecule has 5 rings (SSSR count). The van der Waals surface area contributed by atoms with Crippen LogP contribution >= 0.6 is 0 Å². The molecule has 0 amide bonds. The number of piperidine rings is 1. The SMILES string of the molecule is CCOc1ccc(F)c(N2CCC(Oc3ccc(N4CCC[C@@H]4CC(=O)O)cc3)C(Cc3ccccc3)C2)c1. The average Bonchev–Trinajstić information content (AvgIpc) is 3.39. The monoisotopic (exact) mass is 532 g/mol. The summed E-state index contributed by atoms with van der Waals surface area (Å²) in [5.74, 6) is 0.640. The van der Waals surface area contributed by atoms with Crippen molar-refractivity contribution >= 4 is 17.3 Å². The van der Waals surface area contributed by atoms with E-state index in [0.29, 0.717) is 31.1 Å². The Kier molecular flexibility index (Phi) is 8.54. The smallest absolute Gasteiger partial charge is 0.305 e. The average molecular weight is 533 g/mol. The zero-order chi connectivity index (χ0) is 27.2. The van der Waals surface area contributed by atoms with E-state index in [1.54, 1.807) is 12.1 Å². The van der Waals surface area contributed by atoms with Gasteiger partial charge < -0.3 is 24.4 Å². The highest BCUT2D eigenvalue weighted by atomic mass is 19.1. The zero-order valence-electron chi connectivity index (χ0n) is 22.5. The lowest BCUT2D eigenvalue weighted by atomic mass is 9.88. The molecule has 2 saturated heterocycles. The molecule has 39 heavy (non-hydrogen) atoms. The van der Waals surface area contributed by atoms with E-state index in [0.717, 1.165) is 43.7 Å². The molecule has 3 aromatic carbocycles. The van der Waals surface area contributed by atoms with E-state index in [4.69, 9.17) is 9.47 Å². The molecule has 0 aromatic heterocycles. The van der Waals surface area contributed by atoms with Crippen LogP contribution in [-0.4, -0.2) is 49.5 Å². The van der Waals surface area contributed by atoms with Gasteiger partial charge in [0.2, 0.25) is 0 Å². The fraction of sp³-hybridized carbons (Fsp3) is 0.406. The van der Waals surface area contributed by atoms with Crippen molar-refractivity contribution in [3.63, 3.8) is 0 Å². The molecule has 0 spiro atoms. The molecule has 2 heterocycles. The number of aliphatic carboxylic acids is 1. The Labute approximate surface area is 230 Å². The number of hydrogen-bond donors (Lipinski definition) is 1. The van der Waals surface area contributed by atoms with Crippen LogP contribution in [0.3, 0.4) is 0 Å². The van der Waals surface area contributed by atoms with Crippen LogP contribution in [0.2, 0.25) is 0 Å². The summed E-state index contributed by atoms with van der Waals surface area (Å²) in [5, 5.41) is 9.26. The molecule has 3 aromatic rings. The molecule has 0 radical (unpaired) electrons. The van der Waals surface area contributed by atoms with Gasteiger partial charge in [-0.3, -0.25) is 4.79 Å². The number of carboxylic acid groups (broad SMARTS) is 1. The fourth-order valence-electron chi connectivity index (χ4n) is 5.97. The van der Waals surface area contributed by atoms with Crippen molar-refractivity contribution in [3.05, 3.63) is 84.2 Å². The van der Waals surface area contributed by atoms with Gasteiger partial charge in [0.15, 0.2) is 0 Å². The predicted octanol–water partition coefficient (Wildman–Crippen LogP) is 6.18. The van der Waals surface area contributed by atoms with E-state index >= 15 is 0 Å². The lowest BCUT2D eigenvalue weighted by molar-refractivity contribution is -0.137. The van der Waals surface area contributed by atoms with Crippen molar-refractivity contribution in [3.8, 4) is 11.5 Å². The normalized spacial score (nSPS) is 21.1. The Bertz CT molecular complexity index is 1240. The standard InChI is InChI=1S/C32H37FN2O4/c1-2-38-28-14-15-29(33)30(21-28)34-18-16-31(24(22-34)19-23-7-4-3-5-8-23)39-27-12-10-25(11-13-27)35-17-6-9-26(35)20-32(36)37/h3-5,7-8,10-15,21,24,26,31H,2,6,9,16-20,22H2,1H3,(H,36,37)/t24?,26-,31?/m1/s1. The molecule has 0 saturated carbocycles. The number of carbonyl (C=O) groups is 1. The number of rotatable bonds is 10. The largest absolute Gasteiger partial charge is 0.494 e. The summed E-state index contributed by atoms with van der Waals surface area (Å²) in [6, 6.07) is 23.4. The minimum absolute atomic E-state index is 0.0167. The van der Waals surface area contributed by atoms with Gasteiger partial charge >= 0.3 is 5.97 Å². The number of halogens is 1. The van der Waals surface area contributed by atoms with Gasteiger partial charge in [-0.15, -0.1) is 0 Å². The maximum atomic E-state index is 14.9. The third-order valence-electron chi connectivity index (χ3n) is 7.82. The summed E-state index contributed by atoms with van der Waals surface area (Å²) in [6.07, 6.45) is 3.65. The van der Waals surface area contributed by atoms with E-state index in [2.05, 4.69) is 21.9 Å². The summed E-state index contributed by atoms with van der Waals surface area (Å²) >= 11 is 0. The topological polar surface area (TPSA) is 62.2 Å². The molecule has 3 atom stereocenters. The van der Waals surface area contributed by atoms with E-state index in [-0.39, 0.29) is 30.3 Å². The van der Waals surface area contributed by atoms with Gasteiger partial charge in [-0.1, -0.05) is 30.3 Å². The molecular formula is C32H37FN2O4. The number of carboxylic acids is 1. The number of benzene rings is 3. The predicted molar refractivity (Wildman–Crippen MR) is 152 cm³/mol. The molecule has 0 bridgehead atoms. The molecule has 7 heteroatoms. The van der Waals surface area contributed by atoms with E-state index < -0.39 is 5.97 Å². The van der Waals surface area contributed by atoms with Crippen molar-refractivity contribution < 1.29 is 23.8 Å². The summed E-state index contributed by atoms with van der Waals surface area (Å²) in [4.78, 5) is 15.6. The third kappa shape index (κ3) is 6.64. The summed E-state index contributed by atoms with van der Waals surface area (Å²) in [6.45, 7) is 4.69. The Morgan fingerprint density at radius 1 is 1.00 bits per heavy atom. The van der Waals surface area contributed by atoms with Crippen molar-refractivity contribution in [2.45, 2.75) is 51.2 Å². The Hall–Kier alpha value is -3.74. The van der Waals surface area contributed by atoms with E-state index in [1.165, 1.54) is 11.6 Å².